The number of pyridine rings is 1. The van der Waals surface area contributed by atoms with Crippen molar-refractivity contribution in [2.45, 2.75) is 17.7 Å². The first-order chi connectivity index (χ1) is 12.4. The number of sulfonamides is 1. The molecule has 7 nitrogen and oxygen atoms in total. The fourth-order valence-corrected chi connectivity index (χ4v) is 4.50. The molecule has 0 radical (unpaired) electrons. The topological polar surface area (TPSA) is 89.2 Å². The first kappa shape index (κ1) is 17.1. The second-order valence-electron chi connectivity index (χ2n) is 6.12. The predicted octanol–water partition coefficient (Wildman–Crippen LogP) is 2.88. The number of halogens is 1. The van der Waals surface area contributed by atoms with Crippen LogP contribution in [0.3, 0.4) is 0 Å². The van der Waals surface area contributed by atoms with Gasteiger partial charge in [0.15, 0.2) is 0 Å². The fraction of sp³-hybridized carbons (Fsp3) is 0.235. The van der Waals surface area contributed by atoms with Crippen molar-refractivity contribution in [1.82, 2.24) is 19.4 Å². The number of aromatic nitrogens is 3. The molecule has 0 aliphatic carbocycles. The molecule has 0 bridgehead atoms. The van der Waals surface area contributed by atoms with Gasteiger partial charge < -0.3 is 4.52 Å². The zero-order chi connectivity index (χ0) is 18.3. The molecule has 0 spiro atoms. The lowest BCUT2D eigenvalue weighted by Gasteiger charge is -2.35. The maximum absolute atomic E-state index is 12.7. The van der Waals surface area contributed by atoms with Gasteiger partial charge in [-0.15, -0.1) is 0 Å². The maximum Gasteiger partial charge on any atom is 0.243 e. The largest absolute Gasteiger partial charge is 0.339 e. The van der Waals surface area contributed by atoms with Crippen LogP contribution in [-0.4, -0.2) is 40.9 Å². The quantitative estimate of drug-likeness (QED) is 0.680. The molecule has 2 aromatic heterocycles. The molecule has 0 amide bonds. The minimum Gasteiger partial charge on any atom is -0.339 e. The van der Waals surface area contributed by atoms with Crippen molar-refractivity contribution in [3.05, 3.63) is 59.2 Å². The summed E-state index contributed by atoms with van der Waals surface area (Å²) in [4.78, 5) is 8.51. The normalized spacial score (nSPS) is 15.8. The molecule has 0 N–H and O–H groups in total. The van der Waals surface area contributed by atoms with Crippen LogP contribution in [0.25, 0.3) is 11.4 Å². The first-order valence-corrected chi connectivity index (χ1v) is 9.77. The number of benzene rings is 1. The van der Waals surface area contributed by atoms with Gasteiger partial charge >= 0.3 is 0 Å². The van der Waals surface area contributed by atoms with Crippen LogP contribution in [0.15, 0.2) is 52.1 Å². The monoisotopic (exact) mass is 390 g/mol. The molecule has 26 heavy (non-hydrogen) atoms. The lowest BCUT2D eigenvalue weighted by molar-refractivity contribution is 0.217. The van der Waals surface area contributed by atoms with Gasteiger partial charge in [0.1, 0.15) is 0 Å². The summed E-state index contributed by atoms with van der Waals surface area (Å²) in [5, 5.41) is 4.39. The van der Waals surface area contributed by atoms with Gasteiger partial charge in [0.05, 0.1) is 10.8 Å². The second-order valence-corrected chi connectivity index (χ2v) is 8.47. The van der Waals surface area contributed by atoms with Gasteiger partial charge in [-0.1, -0.05) is 22.8 Å². The van der Waals surface area contributed by atoms with Crippen molar-refractivity contribution in [3.8, 4) is 11.4 Å². The maximum atomic E-state index is 12.7. The van der Waals surface area contributed by atoms with E-state index in [2.05, 4.69) is 15.1 Å². The van der Waals surface area contributed by atoms with Crippen LogP contribution in [0.4, 0.5) is 0 Å². The second kappa shape index (κ2) is 6.46. The summed E-state index contributed by atoms with van der Waals surface area (Å²) in [5.41, 5.74) is 1.63. The molecule has 0 atom stereocenters. The Morgan fingerprint density at radius 3 is 2.62 bits per heavy atom. The zero-order valence-corrected chi connectivity index (χ0v) is 15.4. The molecule has 9 heteroatoms. The highest BCUT2D eigenvalue weighted by atomic mass is 35.5. The number of rotatable bonds is 4. The van der Waals surface area contributed by atoms with Gasteiger partial charge in [-0.05, 0) is 36.8 Å². The van der Waals surface area contributed by atoms with E-state index in [4.69, 9.17) is 16.1 Å². The Morgan fingerprint density at radius 1 is 1.19 bits per heavy atom. The number of nitrogens with zero attached hydrogens (tertiary/aromatic N) is 4. The number of aryl methyl sites for hydroxylation is 1. The molecular weight excluding hydrogens is 376 g/mol. The van der Waals surface area contributed by atoms with E-state index >= 15 is 0 Å². The number of hydrogen-bond acceptors (Lipinski definition) is 6. The molecule has 1 saturated heterocycles. The smallest absolute Gasteiger partial charge is 0.243 e. The number of hydrogen-bond donors (Lipinski definition) is 0. The van der Waals surface area contributed by atoms with Gasteiger partial charge in [-0.25, -0.2) is 8.42 Å². The van der Waals surface area contributed by atoms with Crippen LogP contribution in [0.2, 0.25) is 5.02 Å². The van der Waals surface area contributed by atoms with Crippen LogP contribution < -0.4 is 0 Å². The van der Waals surface area contributed by atoms with E-state index < -0.39 is 10.0 Å². The fourth-order valence-electron chi connectivity index (χ4n) is 2.69. The zero-order valence-electron chi connectivity index (χ0n) is 13.8. The van der Waals surface area contributed by atoms with E-state index in [1.165, 1.54) is 10.4 Å². The molecule has 1 fully saturated rings. The summed E-state index contributed by atoms with van der Waals surface area (Å²) < 4.78 is 32.0. The lowest BCUT2D eigenvalue weighted by Crippen LogP contribution is -2.48. The molecule has 134 valence electrons. The van der Waals surface area contributed by atoms with Crippen molar-refractivity contribution in [2.24, 2.45) is 0 Å². The van der Waals surface area contributed by atoms with Gasteiger partial charge in [0.25, 0.3) is 0 Å². The highest BCUT2D eigenvalue weighted by Gasteiger charge is 2.40. The average Bonchev–Trinajstić information content (AvgIpc) is 3.06. The minimum atomic E-state index is -3.58. The third-order valence-electron chi connectivity index (χ3n) is 4.36. The summed E-state index contributed by atoms with van der Waals surface area (Å²) in [6.07, 6.45) is 3.30. The molecule has 0 unspecified atom stereocenters. The average molecular weight is 391 g/mol. The highest BCUT2D eigenvalue weighted by molar-refractivity contribution is 7.89. The molecule has 1 aliphatic rings. The van der Waals surface area contributed by atoms with E-state index in [9.17, 15) is 8.42 Å². The summed E-state index contributed by atoms with van der Waals surface area (Å²) in [5.74, 6) is 0.785. The van der Waals surface area contributed by atoms with E-state index in [1.54, 1.807) is 36.7 Å². The Hall–Kier alpha value is -2.29. The van der Waals surface area contributed by atoms with Crippen LogP contribution in [0.5, 0.6) is 0 Å². The Balaban J connectivity index is 1.48. The van der Waals surface area contributed by atoms with E-state index in [0.717, 1.165) is 11.1 Å². The summed E-state index contributed by atoms with van der Waals surface area (Å²) in [7, 11) is -3.58. The van der Waals surface area contributed by atoms with Gasteiger partial charge in [0, 0.05) is 36.1 Å². The van der Waals surface area contributed by atoms with Crippen LogP contribution in [-0.2, 0) is 10.0 Å². The van der Waals surface area contributed by atoms with E-state index in [0.29, 0.717) is 29.8 Å². The van der Waals surface area contributed by atoms with E-state index in [1.807, 2.05) is 6.92 Å². The Bertz CT molecular complexity index is 1050. The summed E-state index contributed by atoms with van der Waals surface area (Å²) >= 11 is 6.05. The van der Waals surface area contributed by atoms with Crippen molar-refractivity contribution in [3.63, 3.8) is 0 Å². The molecular formula is C17H15ClN4O3S. The van der Waals surface area contributed by atoms with Crippen LogP contribution in [0, 0.1) is 6.92 Å². The van der Waals surface area contributed by atoms with Crippen LogP contribution >= 0.6 is 11.6 Å². The molecule has 1 aliphatic heterocycles. The minimum absolute atomic E-state index is 0.117. The van der Waals surface area contributed by atoms with Gasteiger partial charge in [0.2, 0.25) is 21.7 Å². The molecule has 3 heterocycles. The first-order valence-electron chi connectivity index (χ1n) is 7.95. The summed E-state index contributed by atoms with van der Waals surface area (Å²) in [6, 6.07) is 8.32. The third kappa shape index (κ3) is 3.00. The third-order valence-corrected chi connectivity index (χ3v) is 6.59. The summed E-state index contributed by atoms with van der Waals surface area (Å²) in [6.45, 7) is 2.42. The van der Waals surface area contributed by atoms with Crippen LogP contribution in [0.1, 0.15) is 17.4 Å². The molecule has 0 saturated carbocycles. The van der Waals surface area contributed by atoms with Gasteiger partial charge in [-0.2, -0.15) is 9.29 Å². The van der Waals surface area contributed by atoms with Crippen molar-refractivity contribution in [1.29, 1.82) is 0 Å². The highest BCUT2D eigenvalue weighted by Crippen LogP contribution is 2.33. The lowest BCUT2D eigenvalue weighted by atomic mass is 10.0. The molecule has 3 aromatic rings. The Kier molecular flexibility index (Phi) is 4.26. The SMILES string of the molecule is Cc1ccc(S(=O)(=O)N2CC(c3nc(-c4ccncc4)no3)C2)cc1Cl. The predicted molar refractivity (Wildman–Crippen MR) is 95.2 cm³/mol. The van der Waals surface area contributed by atoms with E-state index in [-0.39, 0.29) is 10.8 Å². The Morgan fingerprint density at radius 2 is 1.92 bits per heavy atom. The molecule has 4 rings (SSSR count). The van der Waals surface area contributed by atoms with Crippen molar-refractivity contribution >= 4 is 21.6 Å². The molecule has 1 aromatic carbocycles. The Labute approximate surface area is 155 Å². The van der Waals surface area contributed by atoms with Crippen molar-refractivity contribution in [2.75, 3.05) is 13.1 Å². The standard InChI is InChI=1S/C17H15ClN4O3S/c1-11-2-3-14(8-15(11)18)26(23,24)22-9-13(10-22)17-20-16(21-25-17)12-4-6-19-7-5-12/h2-8,13H,9-10H2,1H3. The van der Waals surface area contributed by atoms with Gasteiger partial charge in [-0.3, -0.25) is 4.98 Å². The van der Waals surface area contributed by atoms with Crippen molar-refractivity contribution < 1.29 is 12.9 Å².